The van der Waals surface area contributed by atoms with Gasteiger partial charge < -0.3 is 9.30 Å². The van der Waals surface area contributed by atoms with Gasteiger partial charge in [-0.3, -0.25) is 4.99 Å². The van der Waals surface area contributed by atoms with Crippen LogP contribution in [0.1, 0.15) is 27.3 Å². The Morgan fingerprint density at radius 2 is 1.85 bits per heavy atom. The Morgan fingerprint density at radius 1 is 1.12 bits per heavy atom. The summed E-state index contributed by atoms with van der Waals surface area (Å²) in [5.74, 6) is -0.372. The van der Waals surface area contributed by atoms with Gasteiger partial charge in [0.15, 0.2) is 0 Å². The normalized spacial score (nSPS) is 11.1. The van der Waals surface area contributed by atoms with E-state index in [4.69, 9.17) is 16.3 Å². The number of ether oxygens (including phenoxy) is 1. The number of aliphatic imine (C=N–C) groups is 1. The van der Waals surface area contributed by atoms with E-state index in [2.05, 4.69) is 22.5 Å². The molecule has 1 heterocycles. The standard InChI is InChI=1S/C21H19ClN2O2/c1-14-11-17(15(2)24(14)20-9-7-18(22)8-10-20)13-23-19-6-4-5-16(12-19)21(25)26-3/h4-13H,1-3H3. The molecular formula is C21H19ClN2O2. The van der Waals surface area contributed by atoms with Gasteiger partial charge in [-0.15, -0.1) is 0 Å². The lowest BCUT2D eigenvalue weighted by Gasteiger charge is -2.09. The maximum Gasteiger partial charge on any atom is 0.337 e. The minimum absolute atomic E-state index is 0.372. The van der Waals surface area contributed by atoms with Crippen LogP contribution in [-0.4, -0.2) is 23.9 Å². The molecule has 0 spiro atoms. The Morgan fingerprint density at radius 3 is 2.54 bits per heavy atom. The summed E-state index contributed by atoms with van der Waals surface area (Å²) in [4.78, 5) is 16.1. The van der Waals surface area contributed by atoms with Gasteiger partial charge in [-0.1, -0.05) is 17.7 Å². The van der Waals surface area contributed by atoms with Crippen molar-refractivity contribution in [3.63, 3.8) is 0 Å². The molecule has 132 valence electrons. The molecule has 4 nitrogen and oxygen atoms in total. The van der Waals surface area contributed by atoms with E-state index in [1.807, 2.05) is 43.5 Å². The van der Waals surface area contributed by atoms with Gasteiger partial charge in [0.05, 0.1) is 18.4 Å². The fourth-order valence-corrected chi connectivity index (χ4v) is 3.01. The zero-order valence-corrected chi connectivity index (χ0v) is 15.6. The maximum atomic E-state index is 11.6. The summed E-state index contributed by atoms with van der Waals surface area (Å²) in [6.45, 7) is 4.10. The first kappa shape index (κ1) is 18.0. The molecule has 0 radical (unpaired) electrons. The van der Waals surface area contributed by atoms with Crippen molar-refractivity contribution in [3.05, 3.63) is 82.1 Å². The van der Waals surface area contributed by atoms with E-state index < -0.39 is 0 Å². The number of aryl methyl sites for hydroxylation is 1. The quantitative estimate of drug-likeness (QED) is 0.465. The molecule has 0 atom stereocenters. The van der Waals surface area contributed by atoms with Crippen molar-refractivity contribution in [1.82, 2.24) is 4.57 Å². The number of carbonyl (C=O) groups is 1. The smallest absolute Gasteiger partial charge is 0.337 e. The molecule has 26 heavy (non-hydrogen) atoms. The molecule has 0 saturated heterocycles. The fraction of sp³-hybridized carbons (Fsp3) is 0.143. The van der Waals surface area contributed by atoms with E-state index in [1.54, 1.807) is 18.2 Å². The van der Waals surface area contributed by atoms with Gasteiger partial charge >= 0.3 is 5.97 Å². The molecule has 0 N–H and O–H groups in total. The molecule has 0 bridgehead atoms. The SMILES string of the molecule is COC(=O)c1cccc(N=Cc2cc(C)n(-c3ccc(Cl)cc3)c2C)c1. The molecule has 3 aromatic rings. The summed E-state index contributed by atoms with van der Waals surface area (Å²) in [5.41, 5.74) is 5.43. The van der Waals surface area contributed by atoms with Crippen molar-refractivity contribution < 1.29 is 9.53 Å². The lowest BCUT2D eigenvalue weighted by Crippen LogP contribution is -2.00. The Kier molecular flexibility index (Phi) is 5.24. The highest BCUT2D eigenvalue weighted by Gasteiger charge is 2.10. The second-order valence-corrected chi connectivity index (χ2v) is 6.37. The number of esters is 1. The van der Waals surface area contributed by atoms with Crippen molar-refractivity contribution in [3.8, 4) is 5.69 Å². The van der Waals surface area contributed by atoms with Crippen molar-refractivity contribution in [2.75, 3.05) is 7.11 Å². The highest BCUT2D eigenvalue weighted by atomic mass is 35.5. The topological polar surface area (TPSA) is 43.6 Å². The Hall–Kier alpha value is -2.85. The van der Waals surface area contributed by atoms with E-state index in [-0.39, 0.29) is 5.97 Å². The minimum atomic E-state index is -0.372. The van der Waals surface area contributed by atoms with Gasteiger partial charge in [0.1, 0.15) is 0 Å². The fourth-order valence-electron chi connectivity index (χ4n) is 2.88. The third-order valence-electron chi connectivity index (χ3n) is 4.18. The molecule has 0 fully saturated rings. The highest BCUT2D eigenvalue weighted by molar-refractivity contribution is 6.30. The molecule has 5 heteroatoms. The molecule has 0 aliphatic heterocycles. The highest BCUT2D eigenvalue weighted by Crippen LogP contribution is 2.22. The zero-order valence-electron chi connectivity index (χ0n) is 14.9. The number of aromatic nitrogens is 1. The van der Waals surface area contributed by atoms with Crippen LogP contribution in [0.3, 0.4) is 0 Å². The van der Waals surface area contributed by atoms with Gasteiger partial charge in [-0.25, -0.2) is 4.79 Å². The van der Waals surface area contributed by atoms with Gasteiger partial charge in [-0.05, 0) is 62.4 Å². The Labute approximate surface area is 157 Å². The first-order chi connectivity index (χ1) is 12.5. The van der Waals surface area contributed by atoms with Gasteiger partial charge in [0.25, 0.3) is 0 Å². The third-order valence-corrected chi connectivity index (χ3v) is 4.43. The van der Waals surface area contributed by atoms with Crippen molar-refractivity contribution >= 4 is 29.5 Å². The zero-order chi connectivity index (χ0) is 18.7. The van der Waals surface area contributed by atoms with Crippen LogP contribution >= 0.6 is 11.6 Å². The van der Waals surface area contributed by atoms with Crippen molar-refractivity contribution in [2.45, 2.75) is 13.8 Å². The number of carbonyl (C=O) groups excluding carboxylic acids is 1. The van der Waals surface area contributed by atoms with E-state index >= 15 is 0 Å². The second-order valence-electron chi connectivity index (χ2n) is 5.94. The van der Waals surface area contributed by atoms with Crippen LogP contribution in [0.15, 0.2) is 59.6 Å². The molecule has 3 rings (SSSR count). The van der Waals surface area contributed by atoms with Crippen LogP contribution in [0, 0.1) is 13.8 Å². The molecule has 0 aliphatic carbocycles. The second kappa shape index (κ2) is 7.58. The molecule has 0 aliphatic rings. The van der Waals surface area contributed by atoms with E-state index in [9.17, 15) is 4.79 Å². The molecular weight excluding hydrogens is 348 g/mol. The average Bonchev–Trinajstić information content (AvgIpc) is 2.94. The van der Waals surface area contributed by atoms with Crippen LogP contribution in [0.4, 0.5) is 5.69 Å². The summed E-state index contributed by atoms with van der Waals surface area (Å²) >= 11 is 5.98. The molecule has 0 saturated carbocycles. The monoisotopic (exact) mass is 366 g/mol. The predicted molar refractivity (Wildman–Crippen MR) is 105 cm³/mol. The summed E-state index contributed by atoms with van der Waals surface area (Å²) in [5, 5.41) is 0.712. The Bertz CT molecular complexity index is 972. The minimum Gasteiger partial charge on any atom is -0.465 e. The molecule has 0 unspecified atom stereocenters. The molecule has 0 amide bonds. The van der Waals surface area contributed by atoms with Crippen molar-refractivity contribution in [2.24, 2.45) is 4.99 Å². The van der Waals surface area contributed by atoms with Crippen LogP contribution < -0.4 is 0 Å². The number of benzene rings is 2. The third kappa shape index (κ3) is 3.70. The van der Waals surface area contributed by atoms with Gasteiger partial charge in [0, 0.05) is 33.9 Å². The van der Waals surface area contributed by atoms with Crippen LogP contribution in [0.5, 0.6) is 0 Å². The summed E-state index contributed by atoms with van der Waals surface area (Å²) < 4.78 is 6.90. The van der Waals surface area contributed by atoms with Crippen LogP contribution in [0.2, 0.25) is 5.02 Å². The van der Waals surface area contributed by atoms with Crippen LogP contribution in [0.25, 0.3) is 5.69 Å². The number of methoxy groups -OCH3 is 1. The maximum absolute atomic E-state index is 11.6. The number of hydrogen-bond donors (Lipinski definition) is 0. The van der Waals surface area contributed by atoms with Crippen molar-refractivity contribution in [1.29, 1.82) is 0 Å². The first-order valence-electron chi connectivity index (χ1n) is 8.17. The molecule has 1 aromatic heterocycles. The number of halogens is 1. The van der Waals surface area contributed by atoms with E-state index in [1.165, 1.54) is 7.11 Å². The number of hydrogen-bond acceptors (Lipinski definition) is 3. The van der Waals surface area contributed by atoms with E-state index in [0.29, 0.717) is 16.3 Å². The largest absolute Gasteiger partial charge is 0.465 e. The summed E-state index contributed by atoms with van der Waals surface area (Å²) in [7, 11) is 1.36. The van der Waals surface area contributed by atoms with Crippen LogP contribution in [-0.2, 0) is 4.74 Å². The number of rotatable bonds is 4. The lowest BCUT2D eigenvalue weighted by atomic mass is 10.2. The summed E-state index contributed by atoms with van der Waals surface area (Å²) in [6, 6.07) is 16.9. The summed E-state index contributed by atoms with van der Waals surface area (Å²) in [6.07, 6.45) is 1.81. The predicted octanol–water partition coefficient (Wildman–Crippen LogP) is 5.28. The average molecular weight is 367 g/mol. The number of nitrogens with zero attached hydrogens (tertiary/aromatic N) is 2. The lowest BCUT2D eigenvalue weighted by molar-refractivity contribution is 0.0601. The molecule has 2 aromatic carbocycles. The van der Waals surface area contributed by atoms with E-state index in [0.717, 1.165) is 22.6 Å². The van der Waals surface area contributed by atoms with Gasteiger partial charge in [-0.2, -0.15) is 0 Å². The first-order valence-corrected chi connectivity index (χ1v) is 8.54. The Balaban J connectivity index is 1.92. The van der Waals surface area contributed by atoms with Gasteiger partial charge in [0.2, 0.25) is 0 Å².